The van der Waals surface area contributed by atoms with Crippen molar-refractivity contribution in [1.29, 1.82) is 0 Å². The van der Waals surface area contributed by atoms with E-state index in [1.54, 1.807) is 18.2 Å². The summed E-state index contributed by atoms with van der Waals surface area (Å²) in [7, 11) is 0. The lowest BCUT2D eigenvalue weighted by Crippen LogP contribution is -2.33. The van der Waals surface area contributed by atoms with Crippen molar-refractivity contribution in [1.82, 2.24) is 0 Å². The van der Waals surface area contributed by atoms with Gasteiger partial charge >= 0.3 is 0 Å². The largest absolute Gasteiger partial charge is 0.508 e. The molecule has 0 fully saturated rings. The van der Waals surface area contributed by atoms with E-state index >= 15 is 0 Å². The highest BCUT2D eigenvalue weighted by atomic mass is 16.3. The monoisotopic (exact) mass is 194 g/mol. The molecule has 78 valence electrons. The first-order valence-corrected chi connectivity index (χ1v) is 4.88. The summed E-state index contributed by atoms with van der Waals surface area (Å²) >= 11 is 0. The van der Waals surface area contributed by atoms with Crippen LogP contribution in [0.5, 0.6) is 5.75 Å². The third-order valence-electron chi connectivity index (χ3n) is 2.24. The van der Waals surface area contributed by atoms with Crippen molar-refractivity contribution >= 4 is 5.69 Å². The molecule has 3 heteroatoms. The molecular formula is C11H18N2O. The Morgan fingerprint density at radius 3 is 2.71 bits per heavy atom. The van der Waals surface area contributed by atoms with Crippen molar-refractivity contribution in [3.8, 4) is 5.75 Å². The molecule has 0 spiro atoms. The summed E-state index contributed by atoms with van der Waals surface area (Å²) < 4.78 is 0. The van der Waals surface area contributed by atoms with Gasteiger partial charge in [-0.15, -0.1) is 0 Å². The van der Waals surface area contributed by atoms with E-state index in [4.69, 9.17) is 5.73 Å². The Hall–Kier alpha value is -1.22. The van der Waals surface area contributed by atoms with E-state index in [-0.39, 0.29) is 11.8 Å². The Morgan fingerprint density at radius 2 is 2.14 bits per heavy atom. The van der Waals surface area contributed by atoms with Gasteiger partial charge in [-0.25, -0.2) is 0 Å². The Morgan fingerprint density at radius 1 is 1.43 bits per heavy atom. The van der Waals surface area contributed by atoms with E-state index < -0.39 is 0 Å². The van der Waals surface area contributed by atoms with Crippen LogP contribution in [0.4, 0.5) is 5.69 Å². The van der Waals surface area contributed by atoms with Gasteiger partial charge in [0.2, 0.25) is 0 Å². The number of hydrogen-bond donors (Lipinski definition) is 3. The van der Waals surface area contributed by atoms with Crippen LogP contribution < -0.4 is 11.1 Å². The van der Waals surface area contributed by atoms with Crippen LogP contribution in [0.1, 0.15) is 13.8 Å². The molecule has 4 N–H and O–H groups in total. The van der Waals surface area contributed by atoms with Gasteiger partial charge in [0.15, 0.2) is 0 Å². The minimum absolute atomic E-state index is 0.136. The van der Waals surface area contributed by atoms with E-state index in [2.05, 4.69) is 19.2 Å². The molecule has 0 aliphatic rings. The molecule has 3 nitrogen and oxygen atoms in total. The molecule has 1 rings (SSSR count). The summed E-state index contributed by atoms with van der Waals surface area (Å²) in [6.07, 6.45) is 0. The zero-order valence-electron chi connectivity index (χ0n) is 8.70. The summed E-state index contributed by atoms with van der Waals surface area (Å²) in [5.41, 5.74) is 6.78. The third kappa shape index (κ3) is 3.26. The van der Waals surface area contributed by atoms with E-state index in [0.717, 1.165) is 12.2 Å². The number of benzene rings is 1. The number of phenolic OH excluding ortho intramolecular Hbond substituents is 1. The van der Waals surface area contributed by atoms with Gasteiger partial charge in [-0.3, -0.25) is 0 Å². The standard InChI is InChI=1S/C11H18N2O/c1-8(2)11(12)7-13-9-4-3-5-10(14)6-9/h3-6,8,11,13-14H,7,12H2,1-2H3. The van der Waals surface area contributed by atoms with Gasteiger partial charge < -0.3 is 16.2 Å². The molecular weight excluding hydrogens is 176 g/mol. The second kappa shape index (κ2) is 4.86. The van der Waals surface area contributed by atoms with E-state index in [0.29, 0.717) is 5.92 Å². The number of rotatable bonds is 4. The number of anilines is 1. The minimum atomic E-state index is 0.136. The average Bonchev–Trinajstić information content (AvgIpc) is 2.14. The van der Waals surface area contributed by atoms with Crippen LogP contribution >= 0.6 is 0 Å². The Kier molecular flexibility index (Phi) is 3.77. The number of hydrogen-bond acceptors (Lipinski definition) is 3. The molecule has 0 saturated carbocycles. The number of aromatic hydroxyl groups is 1. The molecule has 1 aromatic rings. The van der Waals surface area contributed by atoms with E-state index in [9.17, 15) is 5.11 Å². The van der Waals surface area contributed by atoms with Crippen LogP contribution in [-0.2, 0) is 0 Å². The fourth-order valence-electron chi connectivity index (χ4n) is 1.09. The number of nitrogens with one attached hydrogen (secondary N) is 1. The molecule has 0 bridgehead atoms. The van der Waals surface area contributed by atoms with Crippen molar-refractivity contribution in [2.45, 2.75) is 19.9 Å². The summed E-state index contributed by atoms with van der Waals surface area (Å²) in [4.78, 5) is 0. The molecule has 1 atom stereocenters. The summed E-state index contributed by atoms with van der Waals surface area (Å²) in [5, 5.41) is 12.4. The second-order valence-corrected chi connectivity index (χ2v) is 3.84. The highest BCUT2D eigenvalue weighted by molar-refractivity contribution is 5.47. The molecule has 0 amide bonds. The first-order chi connectivity index (χ1) is 6.59. The SMILES string of the molecule is CC(C)C(N)CNc1cccc(O)c1. The van der Waals surface area contributed by atoms with Gasteiger partial charge in [0.25, 0.3) is 0 Å². The molecule has 0 aliphatic heterocycles. The maximum atomic E-state index is 9.22. The van der Waals surface area contributed by atoms with Gasteiger partial charge in [0, 0.05) is 24.3 Å². The van der Waals surface area contributed by atoms with Crippen molar-refractivity contribution in [2.75, 3.05) is 11.9 Å². The lowest BCUT2D eigenvalue weighted by Gasteiger charge is -2.16. The second-order valence-electron chi connectivity index (χ2n) is 3.84. The maximum absolute atomic E-state index is 9.22. The molecule has 14 heavy (non-hydrogen) atoms. The van der Waals surface area contributed by atoms with Gasteiger partial charge in [0.05, 0.1) is 0 Å². The van der Waals surface area contributed by atoms with Crippen molar-refractivity contribution in [3.63, 3.8) is 0 Å². The Labute approximate surface area is 84.9 Å². The Balaban J connectivity index is 2.45. The topological polar surface area (TPSA) is 58.3 Å². The highest BCUT2D eigenvalue weighted by Crippen LogP contribution is 2.15. The zero-order chi connectivity index (χ0) is 10.6. The number of phenols is 1. The van der Waals surface area contributed by atoms with Crippen LogP contribution in [-0.4, -0.2) is 17.7 Å². The van der Waals surface area contributed by atoms with Crippen molar-refractivity contribution < 1.29 is 5.11 Å². The molecule has 0 saturated heterocycles. The average molecular weight is 194 g/mol. The number of nitrogens with two attached hydrogens (primary N) is 1. The van der Waals surface area contributed by atoms with Gasteiger partial charge in [-0.1, -0.05) is 19.9 Å². The zero-order valence-corrected chi connectivity index (χ0v) is 8.70. The van der Waals surface area contributed by atoms with Crippen LogP contribution in [0.15, 0.2) is 24.3 Å². The fraction of sp³-hybridized carbons (Fsp3) is 0.455. The van der Waals surface area contributed by atoms with Gasteiger partial charge in [-0.05, 0) is 18.1 Å². The summed E-state index contributed by atoms with van der Waals surface area (Å²) in [6.45, 7) is 4.91. The maximum Gasteiger partial charge on any atom is 0.117 e. The molecule has 1 aromatic carbocycles. The van der Waals surface area contributed by atoms with Gasteiger partial charge in [0.1, 0.15) is 5.75 Å². The quantitative estimate of drug-likeness (QED) is 0.685. The smallest absolute Gasteiger partial charge is 0.117 e. The van der Waals surface area contributed by atoms with Crippen LogP contribution in [0.3, 0.4) is 0 Å². The minimum Gasteiger partial charge on any atom is -0.508 e. The molecule has 0 aliphatic carbocycles. The van der Waals surface area contributed by atoms with Crippen LogP contribution in [0.2, 0.25) is 0 Å². The van der Waals surface area contributed by atoms with Crippen molar-refractivity contribution in [3.05, 3.63) is 24.3 Å². The first-order valence-electron chi connectivity index (χ1n) is 4.88. The molecule has 0 radical (unpaired) electrons. The Bertz CT molecular complexity index is 286. The van der Waals surface area contributed by atoms with Crippen LogP contribution in [0, 0.1) is 5.92 Å². The van der Waals surface area contributed by atoms with E-state index in [1.807, 2.05) is 6.07 Å². The third-order valence-corrected chi connectivity index (χ3v) is 2.24. The normalized spacial score (nSPS) is 12.9. The molecule has 0 heterocycles. The first kappa shape index (κ1) is 10.9. The predicted molar refractivity (Wildman–Crippen MR) is 59.4 cm³/mol. The lowest BCUT2D eigenvalue weighted by molar-refractivity contribution is 0.475. The fourth-order valence-corrected chi connectivity index (χ4v) is 1.09. The molecule has 1 unspecified atom stereocenters. The molecule has 0 aromatic heterocycles. The predicted octanol–water partition coefficient (Wildman–Crippen LogP) is 1.79. The highest BCUT2D eigenvalue weighted by Gasteiger charge is 2.06. The van der Waals surface area contributed by atoms with E-state index in [1.165, 1.54) is 0 Å². The lowest BCUT2D eigenvalue weighted by atomic mass is 10.1. The van der Waals surface area contributed by atoms with Crippen LogP contribution in [0.25, 0.3) is 0 Å². The van der Waals surface area contributed by atoms with Crippen molar-refractivity contribution in [2.24, 2.45) is 11.7 Å². The summed E-state index contributed by atoms with van der Waals surface area (Å²) in [6, 6.07) is 7.18. The van der Waals surface area contributed by atoms with Gasteiger partial charge in [-0.2, -0.15) is 0 Å². The summed E-state index contributed by atoms with van der Waals surface area (Å²) in [5.74, 6) is 0.730.